The summed E-state index contributed by atoms with van der Waals surface area (Å²) in [4.78, 5) is 0.0694. The molecule has 0 aromatic carbocycles. The van der Waals surface area contributed by atoms with Crippen molar-refractivity contribution < 1.29 is 9.62 Å². The molecule has 38 valence electrons. The van der Waals surface area contributed by atoms with Crippen LogP contribution in [0.25, 0.3) is 0 Å². The number of hydrogen-bond donors (Lipinski definition) is 1. The van der Waals surface area contributed by atoms with Crippen LogP contribution in [0.4, 0.5) is 0 Å². The van der Waals surface area contributed by atoms with Crippen LogP contribution in [0.5, 0.6) is 0 Å². The molecule has 1 aromatic heterocycles. The standard InChI is InChI=1S/C3H3NO2S/c5-4-1-2-6-3(4)7/h1-2,5H. The molecule has 0 fully saturated rings. The van der Waals surface area contributed by atoms with Crippen molar-refractivity contribution in [2.75, 3.05) is 0 Å². The summed E-state index contributed by atoms with van der Waals surface area (Å²) >= 11 is 4.43. The third-order valence-electron chi connectivity index (χ3n) is 0.558. The van der Waals surface area contributed by atoms with Crippen LogP contribution in [0.2, 0.25) is 0 Å². The van der Waals surface area contributed by atoms with Gasteiger partial charge in [0.25, 0.3) is 0 Å². The van der Waals surface area contributed by atoms with Crippen molar-refractivity contribution in [3.05, 3.63) is 17.3 Å². The van der Waals surface area contributed by atoms with Crippen molar-refractivity contribution in [2.45, 2.75) is 0 Å². The monoisotopic (exact) mass is 117 g/mol. The highest BCUT2D eigenvalue weighted by atomic mass is 32.1. The first-order valence-corrected chi connectivity index (χ1v) is 2.07. The highest BCUT2D eigenvalue weighted by Gasteiger charge is 1.82. The minimum absolute atomic E-state index is 0.0694. The second-order valence-electron chi connectivity index (χ2n) is 1.01. The first kappa shape index (κ1) is 4.39. The van der Waals surface area contributed by atoms with Crippen LogP contribution in [0, 0.1) is 4.84 Å². The molecule has 3 nitrogen and oxygen atoms in total. The Morgan fingerprint density at radius 2 is 2.57 bits per heavy atom. The van der Waals surface area contributed by atoms with E-state index in [1.165, 1.54) is 12.5 Å². The number of rotatable bonds is 0. The van der Waals surface area contributed by atoms with Crippen LogP contribution >= 0.6 is 12.2 Å². The second-order valence-corrected chi connectivity index (χ2v) is 1.36. The van der Waals surface area contributed by atoms with E-state index in [-0.39, 0.29) is 4.84 Å². The summed E-state index contributed by atoms with van der Waals surface area (Å²) in [6.07, 6.45) is 2.63. The summed E-state index contributed by atoms with van der Waals surface area (Å²) < 4.78 is 5.22. The average molecular weight is 117 g/mol. The predicted molar refractivity (Wildman–Crippen MR) is 24.7 cm³/mol. The number of aromatic nitrogens is 1. The Labute approximate surface area is 44.8 Å². The lowest BCUT2D eigenvalue weighted by molar-refractivity contribution is 0.170. The molecule has 0 aliphatic rings. The number of nitrogens with zero attached hydrogens (tertiary/aromatic N) is 1. The van der Waals surface area contributed by atoms with Gasteiger partial charge in [0.05, 0.1) is 6.20 Å². The highest BCUT2D eigenvalue weighted by Crippen LogP contribution is 1.87. The highest BCUT2D eigenvalue weighted by molar-refractivity contribution is 7.71. The lowest BCUT2D eigenvalue weighted by Crippen LogP contribution is -1.82. The van der Waals surface area contributed by atoms with Crippen LogP contribution in [-0.2, 0) is 0 Å². The molecule has 0 spiro atoms. The molecule has 0 aliphatic carbocycles. The van der Waals surface area contributed by atoms with Gasteiger partial charge in [-0.2, -0.15) is 0 Å². The fourth-order valence-corrected chi connectivity index (χ4v) is 0.378. The van der Waals surface area contributed by atoms with E-state index in [1.807, 2.05) is 0 Å². The summed E-state index contributed by atoms with van der Waals surface area (Å²) in [6, 6.07) is 0. The zero-order chi connectivity index (χ0) is 5.28. The third-order valence-corrected chi connectivity index (χ3v) is 0.841. The van der Waals surface area contributed by atoms with Crippen LogP contribution in [-0.4, -0.2) is 9.94 Å². The molecular weight excluding hydrogens is 114 g/mol. The van der Waals surface area contributed by atoms with Crippen molar-refractivity contribution in [1.29, 1.82) is 0 Å². The van der Waals surface area contributed by atoms with E-state index in [2.05, 4.69) is 16.6 Å². The molecule has 0 amide bonds. The van der Waals surface area contributed by atoms with Crippen LogP contribution in [0.3, 0.4) is 0 Å². The lowest BCUT2D eigenvalue weighted by atomic mass is 11.0. The van der Waals surface area contributed by atoms with Crippen molar-refractivity contribution in [1.82, 2.24) is 4.73 Å². The summed E-state index contributed by atoms with van der Waals surface area (Å²) in [5.41, 5.74) is 0. The van der Waals surface area contributed by atoms with Gasteiger partial charge in [0.2, 0.25) is 0 Å². The quantitative estimate of drug-likeness (QED) is 0.407. The molecule has 1 heterocycles. The van der Waals surface area contributed by atoms with Gasteiger partial charge in [-0.25, -0.2) is 0 Å². The molecule has 0 atom stereocenters. The normalized spacial score (nSPS) is 9.14. The Balaban J connectivity index is 3.39. The van der Waals surface area contributed by atoms with Crippen LogP contribution in [0.1, 0.15) is 0 Å². The van der Waals surface area contributed by atoms with E-state index in [0.29, 0.717) is 0 Å². The van der Waals surface area contributed by atoms with Gasteiger partial charge in [0.1, 0.15) is 6.26 Å². The van der Waals surface area contributed by atoms with Crippen LogP contribution < -0.4 is 0 Å². The maximum absolute atomic E-state index is 8.48. The summed E-state index contributed by atoms with van der Waals surface area (Å²) in [6.45, 7) is 0. The smallest absolute Gasteiger partial charge is 0.302 e. The van der Waals surface area contributed by atoms with E-state index < -0.39 is 0 Å². The lowest BCUT2D eigenvalue weighted by Gasteiger charge is -1.77. The zero-order valence-electron chi connectivity index (χ0n) is 3.37. The van der Waals surface area contributed by atoms with Crippen molar-refractivity contribution in [3.63, 3.8) is 0 Å². The summed E-state index contributed by atoms with van der Waals surface area (Å²) in [5.74, 6) is 0. The topological polar surface area (TPSA) is 38.3 Å². The van der Waals surface area contributed by atoms with Gasteiger partial charge in [0, 0.05) is 0 Å². The minimum Gasteiger partial charge on any atom is -0.436 e. The molecule has 4 heteroatoms. The molecule has 1 rings (SSSR count). The average Bonchev–Trinajstić information content (AvgIpc) is 1.91. The molecule has 7 heavy (non-hydrogen) atoms. The first-order valence-electron chi connectivity index (χ1n) is 1.66. The molecular formula is C3H3NO2S. The van der Waals surface area contributed by atoms with E-state index >= 15 is 0 Å². The third kappa shape index (κ3) is 0.640. The SMILES string of the molecule is On1ccoc1=S. The zero-order valence-corrected chi connectivity index (χ0v) is 4.18. The molecule has 0 radical (unpaired) electrons. The molecule has 1 N–H and O–H groups in total. The van der Waals surface area contributed by atoms with Crippen LogP contribution in [0.15, 0.2) is 16.9 Å². The Morgan fingerprint density at radius 3 is 2.71 bits per heavy atom. The Kier molecular flexibility index (Phi) is 0.867. The van der Waals surface area contributed by atoms with E-state index in [9.17, 15) is 0 Å². The number of oxazole rings is 1. The van der Waals surface area contributed by atoms with Gasteiger partial charge in [-0.05, 0) is 12.2 Å². The van der Waals surface area contributed by atoms with E-state index in [0.717, 1.165) is 4.73 Å². The van der Waals surface area contributed by atoms with Gasteiger partial charge in [-0.15, -0.1) is 4.73 Å². The van der Waals surface area contributed by atoms with Crippen molar-refractivity contribution in [3.8, 4) is 0 Å². The fourth-order valence-electron chi connectivity index (χ4n) is 0.261. The molecule has 0 unspecified atom stereocenters. The molecule has 0 bridgehead atoms. The van der Waals surface area contributed by atoms with E-state index in [1.54, 1.807) is 0 Å². The van der Waals surface area contributed by atoms with Gasteiger partial charge in [-0.3, -0.25) is 0 Å². The summed E-state index contributed by atoms with van der Waals surface area (Å²) in [5, 5.41) is 8.48. The Bertz CT molecular complexity index is 201. The second kappa shape index (κ2) is 1.38. The maximum Gasteiger partial charge on any atom is 0.302 e. The largest absolute Gasteiger partial charge is 0.436 e. The Morgan fingerprint density at radius 1 is 1.86 bits per heavy atom. The van der Waals surface area contributed by atoms with Crippen molar-refractivity contribution >= 4 is 12.2 Å². The molecule has 0 aliphatic heterocycles. The molecule has 0 saturated heterocycles. The first-order chi connectivity index (χ1) is 3.30. The predicted octanol–water partition coefficient (Wildman–Crippen LogP) is 1.05. The number of hydrogen-bond acceptors (Lipinski definition) is 3. The van der Waals surface area contributed by atoms with Gasteiger partial charge < -0.3 is 9.62 Å². The molecule has 1 aromatic rings. The maximum atomic E-state index is 8.48. The van der Waals surface area contributed by atoms with Gasteiger partial charge in [-0.1, -0.05) is 0 Å². The molecule has 0 saturated carbocycles. The van der Waals surface area contributed by atoms with Gasteiger partial charge >= 0.3 is 4.84 Å². The summed E-state index contributed by atoms with van der Waals surface area (Å²) in [7, 11) is 0. The fraction of sp³-hybridized carbons (Fsp3) is 0. The Hall–Kier alpha value is -0.770. The minimum atomic E-state index is 0.0694. The van der Waals surface area contributed by atoms with E-state index in [4.69, 9.17) is 5.21 Å². The van der Waals surface area contributed by atoms with Gasteiger partial charge in [0.15, 0.2) is 0 Å². The van der Waals surface area contributed by atoms with Crippen molar-refractivity contribution in [2.24, 2.45) is 0 Å².